The van der Waals surface area contributed by atoms with E-state index < -0.39 is 48.4 Å². The first kappa shape index (κ1) is 59.5. The smallest absolute Gasteiger partial charge is 0.871 e. The zero-order valence-electron chi connectivity index (χ0n) is 41.6. The number of halogens is 2. The summed E-state index contributed by atoms with van der Waals surface area (Å²) in [6.45, 7) is 7.77. The summed E-state index contributed by atoms with van der Waals surface area (Å²) < 4.78 is 77.9. The van der Waals surface area contributed by atoms with Crippen molar-refractivity contribution < 1.29 is 55.5 Å². The van der Waals surface area contributed by atoms with Crippen molar-refractivity contribution in [2.75, 3.05) is 18.5 Å². The Morgan fingerprint density at radius 2 is 1.05 bits per heavy atom. The molecule has 1 amide bonds. The number of rotatable bonds is 16. The fourth-order valence-corrected chi connectivity index (χ4v) is 10.2. The number of nitrogens with one attached hydrogen (secondary N) is 1. The number of azo groups is 2. The van der Waals surface area contributed by atoms with E-state index in [0.29, 0.717) is 51.9 Å². The Kier molecular flexibility index (Phi) is 20.2. The number of ether oxygens (including phenoxy) is 2. The average molecular weight is 1150 g/mol. The number of carbonyl (C=O) groups excluding carboxylic acids is 1. The molecule has 0 aliphatic heterocycles. The van der Waals surface area contributed by atoms with E-state index in [4.69, 9.17) is 32.7 Å². The number of aromatic hydroxyl groups is 1. The van der Waals surface area contributed by atoms with E-state index >= 15 is 0 Å². The number of phenols is 1. The van der Waals surface area contributed by atoms with E-state index in [0.717, 1.165) is 12.1 Å². The Morgan fingerprint density at radius 3 is 1.58 bits per heavy atom. The first-order valence-electron chi connectivity index (χ1n) is 23.2. The van der Waals surface area contributed by atoms with Gasteiger partial charge < -0.3 is 30.1 Å². The second kappa shape index (κ2) is 26.1. The monoisotopic (exact) mass is 1140 g/mol. The number of nitrogens with zero attached hydrogens (tertiary/aromatic N) is 5. The predicted molar refractivity (Wildman–Crippen MR) is 294 cm³/mol. The van der Waals surface area contributed by atoms with Crippen molar-refractivity contribution in [3.8, 4) is 23.0 Å². The molecule has 0 aliphatic rings. The molecule has 0 aliphatic carbocycles. The van der Waals surface area contributed by atoms with Crippen LogP contribution in [0, 0.1) is 0 Å². The number of carbonyl (C=O) groups is 1. The van der Waals surface area contributed by atoms with Crippen LogP contribution in [0.3, 0.4) is 0 Å². The van der Waals surface area contributed by atoms with Crippen LogP contribution < -0.4 is 25.0 Å². The molecule has 8 aromatic rings. The first-order valence-corrected chi connectivity index (χ1v) is 26.8. The van der Waals surface area contributed by atoms with E-state index in [2.05, 4.69) is 30.8 Å². The van der Waals surface area contributed by atoms with Crippen LogP contribution in [0.5, 0.6) is 23.0 Å². The molecule has 0 radical (unpaired) electrons. The molecular weight excluding hydrogens is 1100 g/mol. The molecule has 8 aromatic carbocycles. The molecule has 0 spiro atoms. The van der Waals surface area contributed by atoms with Crippen molar-refractivity contribution in [3.63, 3.8) is 0 Å². The van der Waals surface area contributed by atoms with Crippen LogP contribution in [0.15, 0.2) is 169 Å². The Morgan fingerprint density at radius 1 is 0.597 bits per heavy atom. The van der Waals surface area contributed by atoms with Gasteiger partial charge in [0.1, 0.15) is 32.7 Å². The second-order valence-corrected chi connectivity index (χ2v) is 19.9. The number of hydrogen-bond donors (Lipinski definition) is 4. The Labute approximate surface area is 483 Å². The molecular formula is C54H46CaCl2N6O12S2. The maximum Gasteiger partial charge on any atom is 2.00 e. The van der Waals surface area contributed by atoms with Crippen LogP contribution in [0.2, 0.25) is 10.0 Å². The second-order valence-electron chi connectivity index (χ2n) is 16.2. The predicted octanol–water partition coefficient (Wildman–Crippen LogP) is 12.3. The summed E-state index contributed by atoms with van der Waals surface area (Å²) in [6, 6.07) is 35.4. The summed E-state index contributed by atoms with van der Waals surface area (Å²) in [7, 11) is -9.16. The molecule has 18 nitrogen and oxygen atoms in total. The standard InChI is InChI=1S/2C27H24ClN3O6S.Ca/c2*1-3-18-22(14-17(28)15-24(18)38(34,35)36)30-31-25-19-10-6-5-9-16(19)13-20(26(25)32)27(33)29-21-11-7-8-12-23(21)37-4-2;/h2*5-15,32H,3-4H2,1-2H3,(H,29,33)(H,34,35,36);/q;;+2/p-2. The number of hydrogen-bond acceptors (Lipinski definition) is 15. The SMILES string of the molecule is CCOc1ccccc1N=C([O-])c1cc2ccccc2c(N=Nc2cc(Cl)cc(S(=O)(=O)O)c2CC)c1[O-].CCOc1ccccc1NC(=O)c1cc2ccccc2c(N=Nc2cc(Cl)cc(S(=O)(=O)O)c2CC)c1O.[Ca+2]. The zero-order valence-corrected chi connectivity index (χ0v) is 46.9. The fourth-order valence-electron chi connectivity index (χ4n) is 7.95. The van der Waals surface area contributed by atoms with Gasteiger partial charge in [-0.25, -0.2) is 0 Å². The van der Waals surface area contributed by atoms with Crippen LogP contribution in [-0.4, -0.2) is 93.8 Å². The molecule has 23 heteroatoms. The fraction of sp³-hybridized carbons (Fsp3) is 0.148. The van der Waals surface area contributed by atoms with E-state index in [9.17, 15) is 46.1 Å². The van der Waals surface area contributed by atoms with Crippen molar-refractivity contribution in [2.24, 2.45) is 25.4 Å². The van der Waals surface area contributed by atoms with Crippen molar-refractivity contribution in [3.05, 3.63) is 166 Å². The van der Waals surface area contributed by atoms with E-state index in [1.54, 1.807) is 118 Å². The molecule has 0 saturated heterocycles. The molecule has 0 unspecified atom stereocenters. The number of amides is 1. The molecule has 8 rings (SSSR count). The number of para-hydroxylation sites is 4. The Bertz CT molecular complexity index is 3860. The third-order valence-corrected chi connectivity index (χ3v) is 13.6. The number of aliphatic imine (C=N–C) groups is 1. The average Bonchev–Trinajstić information content (AvgIpc) is 3.38. The third kappa shape index (κ3) is 14.1. The van der Waals surface area contributed by atoms with Crippen LogP contribution in [0.25, 0.3) is 21.5 Å². The van der Waals surface area contributed by atoms with E-state index in [-0.39, 0.29) is 116 Å². The Balaban J connectivity index is 0.000000246. The molecule has 4 N–H and O–H groups in total. The van der Waals surface area contributed by atoms with Crippen LogP contribution in [-0.2, 0) is 33.1 Å². The van der Waals surface area contributed by atoms with Gasteiger partial charge in [0.05, 0.1) is 41.5 Å². The summed E-state index contributed by atoms with van der Waals surface area (Å²) >= 11 is 12.1. The van der Waals surface area contributed by atoms with Gasteiger partial charge in [0.25, 0.3) is 26.1 Å². The van der Waals surface area contributed by atoms with Crippen LogP contribution in [0.1, 0.15) is 54.7 Å². The van der Waals surface area contributed by atoms with E-state index in [1.807, 2.05) is 6.92 Å². The minimum Gasteiger partial charge on any atom is -0.871 e. The van der Waals surface area contributed by atoms with Gasteiger partial charge in [0, 0.05) is 31.9 Å². The van der Waals surface area contributed by atoms with Gasteiger partial charge in [-0.05, 0) is 110 Å². The summed E-state index contributed by atoms with van der Waals surface area (Å²) in [5, 5.41) is 59.3. The van der Waals surface area contributed by atoms with Gasteiger partial charge in [0.15, 0.2) is 5.75 Å². The number of benzene rings is 8. The largest absolute Gasteiger partial charge is 2.00 e. The van der Waals surface area contributed by atoms with Crippen LogP contribution >= 0.6 is 23.2 Å². The van der Waals surface area contributed by atoms with Gasteiger partial charge in [-0.2, -0.15) is 32.2 Å². The quantitative estimate of drug-likeness (QED) is 0.0231. The van der Waals surface area contributed by atoms with Gasteiger partial charge in [-0.15, -0.1) is 5.11 Å². The summed E-state index contributed by atoms with van der Waals surface area (Å²) in [4.78, 5) is 16.6. The van der Waals surface area contributed by atoms with Gasteiger partial charge in [-0.1, -0.05) is 116 Å². The molecule has 0 fully saturated rings. The van der Waals surface area contributed by atoms with E-state index in [1.165, 1.54) is 24.3 Å². The molecule has 0 aromatic heterocycles. The maximum atomic E-state index is 13.5. The summed E-state index contributed by atoms with van der Waals surface area (Å²) in [5.74, 6) is -1.62. The van der Waals surface area contributed by atoms with Gasteiger partial charge >= 0.3 is 37.7 Å². The normalized spacial score (nSPS) is 11.9. The van der Waals surface area contributed by atoms with Crippen molar-refractivity contribution in [1.29, 1.82) is 0 Å². The topological polar surface area (TPSA) is 284 Å². The first-order chi connectivity index (χ1) is 36.3. The molecule has 0 bridgehead atoms. The third-order valence-electron chi connectivity index (χ3n) is 11.3. The minimum absolute atomic E-state index is 0. The maximum absolute atomic E-state index is 13.5. The number of fused-ring (bicyclic) bond motifs is 2. The Hall–Kier alpha value is -6.72. The summed E-state index contributed by atoms with van der Waals surface area (Å²) in [5.41, 5.74) is 0.835. The number of anilines is 1. The molecule has 0 atom stereocenters. The minimum atomic E-state index is -4.59. The summed E-state index contributed by atoms with van der Waals surface area (Å²) in [6.07, 6.45) is 0.386. The van der Waals surface area contributed by atoms with Crippen molar-refractivity contribution in [1.82, 2.24) is 0 Å². The van der Waals surface area contributed by atoms with Crippen molar-refractivity contribution >= 4 is 149 Å². The van der Waals surface area contributed by atoms with Gasteiger partial charge in [-0.3, -0.25) is 18.9 Å². The molecule has 0 saturated carbocycles. The van der Waals surface area contributed by atoms with Gasteiger partial charge in [0.2, 0.25) is 0 Å². The van der Waals surface area contributed by atoms with Crippen molar-refractivity contribution in [2.45, 2.75) is 50.3 Å². The molecule has 392 valence electrons. The number of phenolic OH excluding ortho intramolecular Hbond substituents is 1. The molecule has 0 heterocycles. The van der Waals surface area contributed by atoms with Crippen LogP contribution in [0.4, 0.5) is 34.1 Å². The zero-order chi connectivity index (χ0) is 54.9. The molecule has 77 heavy (non-hydrogen) atoms.